The van der Waals surface area contributed by atoms with Crippen molar-refractivity contribution in [3.63, 3.8) is 0 Å². The van der Waals surface area contributed by atoms with Gasteiger partial charge in [0.2, 0.25) is 0 Å². The summed E-state index contributed by atoms with van der Waals surface area (Å²) in [6.07, 6.45) is 0. The first-order chi connectivity index (χ1) is 12.9. The first-order valence-corrected chi connectivity index (χ1v) is 47.0. The van der Waals surface area contributed by atoms with Crippen molar-refractivity contribution in [3.8, 4) is 0 Å². The van der Waals surface area contributed by atoms with Crippen molar-refractivity contribution in [2.45, 2.75) is 0 Å². The van der Waals surface area contributed by atoms with Crippen LogP contribution in [0.2, 0.25) is 0 Å². The molecule has 31 heteroatoms. The molecule has 0 spiro atoms. The minimum absolute atomic E-state index is 1.74. The molecule has 0 atom stereocenters. The van der Waals surface area contributed by atoms with Gasteiger partial charge in [-0.25, -0.2) is 0 Å². The number of rotatable bonds is 9. The summed E-state index contributed by atoms with van der Waals surface area (Å²) in [5.74, 6) is 0. The van der Waals surface area contributed by atoms with Crippen LogP contribution >= 0.6 is 21.2 Å². The first-order valence-electron chi connectivity index (χ1n) is 5.04. The van der Waals surface area contributed by atoms with Crippen LogP contribution in [0.15, 0.2) is 0 Å². The van der Waals surface area contributed by atoms with Gasteiger partial charge in [0.25, 0.3) is 0 Å². The van der Waals surface area contributed by atoms with E-state index in [9.17, 15) is 0 Å². The maximum Gasteiger partial charge on any atom is 0.0451 e. The molecule has 0 amide bonds. The Morgan fingerprint density at radius 1 is 0.355 bits per heavy atom. The van der Waals surface area contributed by atoms with E-state index in [2.05, 4.69) is 0 Å². The predicted molar refractivity (Wildman–Crippen MR) is 236 cm³/mol. The van der Waals surface area contributed by atoms with Gasteiger partial charge in [-0.3, -0.25) is 0 Å². The first kappa shape index (κ1) is 39.6. The van der Waals surface area contributed by atoms with E-state index < -0.39 is 52.1 Å². The second kappa shape index (κ2) is 12.7. The highest BCUT2D eigenvalue weighted by molar-refractivity contribution is 14.2. The Bertz CT molecular complexity index is 1840. The van der Waals surface area contributed by atoms with Gasteiger partial charge >= 0.3 is 0 Å². The van der Waals surface area contributed by atoms with Crippen molar-refractivity contribution in [1.29, 1.82) is 0 Å². The Morgan fingerprint density at radius 2 is 0.548 bits per heavy atom. The van der Waals surface area contributed by atoms with Gasteiger partial charge in [-0.05, 0) is 231 Å². The normalized spacial score (nSPS) is 16.2. The second-order valence-corrected chi connectivity index (χ2v) is 112. The van der Waals surface area contributed by atoms with Gasteiger partial charge in [0.1, 0.15) is 0 Å². The van der Waals surface area contributed by atoms with E-state index in [0.717, 1.165) is 0 Å². The van der Waals surface area contributed by atoms with Crippen LogP contribution in [0.1, 0.15) is 0 Å². The molecule has 0 heterocycles. The molecule has 0 nitrogen and oxygen atoms in total. The molecule has 0 aromatic carbocycles. The van der Waals surface area contributed by atoms with Crippen molar-refractivity contribution in [3.05, 3.63) is 0 Å². The molecule has 0 unspecified atom stereocenters. The van der Waals surface area contributed by atoms with Crippen LogP contribution in [0, 0.1) is 0 Å². The van der Waals surface area contributed by atoms with Gasteiger partial charge in [-0.2, -0.15) is 0 Å². The van der Waals surface area contributed by atoms with Crippen LogP contribution in [0.4, 0.5) is 0 Å². The van der Waals surface area contributed by atoms with E-state index in [1.165, 1.54) is 0 Å². The summed E-state index contributed by atoms with van der Waals surface area (Å²) in [5.41, 5.74) is 0. The van der Waals surface area contributed by atoms with Gasteiger partial charge in [0.15, 0.2) is 0 Å². The Balaban J connectivity index is 7.79. The molecule has 0 aliphatic heterocycles. The lowest BCUT2D eigenvalue weighted by Crippen LogP contribution is -2.35. The molecule has 0 aliphatic carbocycles. The van der Waals surface area contributed by atoms with E-state index in [-0.39, 0.29) is 0 Å². The molecule has 31 heavy (non-hydrogen) atoms. The molecule has 0 fully saturated rings. The topological polar surface area (TPSA) is 0 Å². The summed E-state index contributed by atoms with van der Waals surface area (Å²) >= 11 is 114. The number of thiol groups is 1. The standard InChI is InChI=1S/HIS30/c1-23(4,5)25(8,9)27(12,13)29(16,17)31(20,21)30(18,19)28(14,15)26(10,11)24(6,7)22(2)3/h22H. The molecule has 0 saturated carbocycles. The van der Waals surface area contributed by atoms with E-state index in [0.29, 0.717) is 0 Å². The molecule has 0 radical (unpaired) electrons. The Labute approximate surface area is 288 Å². The highest BCUT2D eigenvalue weighted by Gasteiger charge is 2.40. The van der Waals surface area contributed by atoms with Crippen molar-refractivity contribution in [1.82, 2.24) is 0 Å². The van der Waals surface area contributed by atoms with Gasteiger partial charge in [0.05, 0.1) is 0 Å². The van der Waals surface area contributed by atoms with Gasteiger partial charge < -0.3 is 0 Å². The lowest BCUT2D eigenvalue weighted by atomic mass is 29.7. The molecular formula is HIS30. The summed E-state index contributed by atoms with van der Waals surface area (Å²) in [6, 6.07) is 0. The summed E-state index contributed by atoms with van der Waals surface area (Å²) in [5, 5.41) is -24.7. The van der Waals surface area contributed by atoms with Crippen LogP contribution < -0.4 is 0 Å². The third-order valence-corrected chi connectivity index (χ3v) is 185. The molecule has 0 saturated heterocycles. The third-order valence-electron chi connectivity index (χ3n) is 2.18. The van der Waals surface area contributed by atoms with E-state index in [1.807, 2.05) is 21.2 Å². The van der Waals surface area contributed by atoms with Crippen LogP contribution in [0.25, 0.3) is 0 Å². The van der Waals surface area contributed by atoms with Crippen LogP contribution in [-0.4, -0.2) is 0 Å². The monoisotopic (exact) mass is 1090 g/mol. The lowest BCUT2D eigenvalue weighted by Gasteiger charge is -2.32. The van der Waals surface area contributed by atoms with Crippen LogP contribution in [0.5, 0.6) is 0 Å². The van der Waals surface area contributed by atoms with Gasteiger partial charge in [-0.15, -0.1) is 0 Å². The minimum Gasteiger partial charge on any atom is -0.0381 e. The molecule has 0 N–H and O–H groups in total. The maximum atomic E-state index is 5.77. The smallest absolute Gasteiger partial charge is 0.0381 e. The quantitative estimate of drug-likeness (QED) is 0.148. The average Bonchev–Trinajstić information content (AvgIpc) is 2.52. The molecule has 0 aromatic heterocycles. The highest BCUT2D eigenvalue weighted by Crippen LogP contribution is 2.38. The fourth-order valence-electron chi connectivity index (χ4n) is 0.790. The third kappa shape index (κ3) is 6.91. The number of halogens is 1. The summed E-state index contributed by atoms with van der Waals surface area (Å²) in [4.78, 5) is 0. The van der Waals surface area contributed by atoms with Gasteiger partial charge in [-0.1, -0.05) is 0 Å². The maximum absolute atomic E-state index is 5.77. The molecule has 0 bridgehead atoms. The fourth-order valence-corrected chi connectivity index (χ4v) is 201. The van der Waals surface area contributed by atoms with Crippen molar-refractivity contribution < 1.29 is 0 Å². The van der Waals surface area contributed by atoms with Gasteiger partial charge in [0, 0.05) is 66.2 Å². The largest absolute Gasteiger partial charge is 0.0451 e. The van der Waals surface area contributed by atoms with E-state index in [1.54, 1.807) is 0 Å². The summed E-state index contributed by atoms with van der Waals surface area (Å²) in [6.45, 7) is 0. The van der Waals surface area contributed by atoms with Crippen molar-refractivity contribution >= 4 is 297 Å². The Hall–Kier alpha value is 8.63. The summed E-state index contributed by atoms with van der Waals surface area (Å²) in [7, 11) is -1.74. The minimum atomic E-state index is -3.26. The fraction of sp³-hybridized carbons (Fsp3) is 0. The molecule has 0 aromatic rings. The molecule has 0 aliphatic rings. The second-order valence-electron chi connectivity index (χ2n) is 3.90. The van der Waals surface area contributed by atoms with Crippen LogP contribution in [-0.2, 0) is 276 Å². The summed E-state index contributed by atoms with van der Waals surface area (Å²) < 4.78 is -2.45. The SMILES string of the molecule is S=[SH](=S)S(=S)(=S)S(=S)(=S)S(=S)(=S)S(=S)(=S)S(=S)(=S)S(=S)(=S)S(=S)(=S)S(=S)(=S)S(=S)(=S)I. The Kier molecular flexibility index (Phi) is 16.2. The molecule has 0 rings (SSSR count). The zero-order valence-electron chi connectivity index (χ0n) is 12.7. The Morgan fingerprint density at radius 3 is 0.742 bits per heavy atom. The lowest BCUT2D eigenvalue weighted by molar-refractivity contribution is 5.02. The van der Waals surface area contributed by atoms with Crippen molar-refractivity contribution in [2.24, 2.45) is 0 Å². The highest BCUT2D eigenvalue weighted by atomic mass is 127. The molecular weight excluding hydrogens is 1090 g/mol. The zero-order valence-corrected chi connectivity index (χ0v) is 39.4. The number of hydrogen-bond acceptors (Lipinski definition) is 20. The van der Waals surface area contributed by atoms with E-state index >= 15 is 0 Å². The van der Waals surface area contributed by atoms with Crippen LogP contribution in [0.3, 0.4) is 0 Å². The molecule has 188 valence electrons. The van der Waals surface area contributed by atoms with E-state index in [4.69, 9.17) is 224 Å². The number of hydrogen-bond donors (Lipinski definition) is 1. The zero-order chi connectivity index (χ0) is 26.1. The van der Waals surface area contributed by atoms with Crippen molar-refractivity contribution in [2.75, 3.05) is 0 Å². The predicted octanol–water partition coefficient (Wildman–Crippen LogP) is 0.546. The average molecular weight is 1090 g/mol.